The first-order valence-electron chi connectivity index (χ1n) is 20.4. The lowest BCUT2D eigenvalue weighted by Gasteiger charge is -2.25. The van der Waals surface area contributed by atoms with E-state index in [4.69, 9.17) is 15.0 Å². The van der Waals surface area contributed by atoms with Gasteiger partial charge in [-0.25, -0.2) is 15.0 Å². The first-order valence-corrected chi connectivity index (χ1v) is 20.4. The van der Waals surface area contributed by atoms with E-state index >= 15 is 0 Å². The monoisotopic (exact) mass is 751 g/mol. The summed E-state index contributed by atoms with van der Waals surface area (Å²) in [6.45, 7) is 4.72. The van der Waals surface area contributed by atoms with Crippen molar-refractivity contribution in [1.29, 1.82) is 0 Å². The molecule has 0 radical (unpaired) electrons. The van der Waals surface area contributed by atoms with Crippen molar-refractivity contribution in [2.24, 2.45) is 0 Å². The topological polar surface area (TPSA) is 38.7 Å². The van der Waals surface area contributed by atoms with Crippen LogP contribution in [0.25, 0.3) is 110 Å². The van der Waals surface area contributed by atoms with Crippen LogP contribution in [0.3, 0.4) is 0 Å². The van der Waals surface area contributed by atoms with Crippen molar-refractivity contribution < 1.29 is 0 Å². The van der Waals surface area contributed by atoms with E-state index in [0.29, 0.717) is 17.5 Å². The molecule has 0 aliphatic heterocycles. The molecule has 276 valence electrons. The molecular formula is C56H37N3. The van der Waals surface area contributed by atoms with Gasteiger partial charge in [0, 0.05) is 22.1 Å². The summed E-state index contributed by atoms with van der Waals surface area (Å²) in [4.78, 5) is 16.3. The van der Waals surface area contributed by atoms with Gasteiger partial charge in [-0.15, -0.1) is 0 Å². The summed E-state index contributed by atoms with van der Waals surface area (Å²) >= 11 is 0. The molecule has 3 nitrogen and oxygen atoms in total. The maximum absolute atomic E-state index is 5.44. The molecule has 1 aromatic heterocycles. The van der Waals surface area contributed by atoms with Gasteiger partial charge in [-0.2, -0.15) is 0 Å². The molecule has 0 bridgehead atoms. The zero-order valence-electron chi connectivity index (χ0n) is 32.7. The second-order valence-corrected chi connectivity index (χ2v) is 16.3. The predicted molar refractivity (Wildman–Crippen MR) is 247 cm³/mol. The molecule has 0 saturated heterocycles. The van der Waals surface area contributed by atoms with E-state index in [1.165, 1.54) is 60.3 Å². The molecule has 0 unspecified atom stereocenters. The third-order valence-corrected chi connectivity index (χ3v) is 12.7. The molecule has 0 fully saturated rings. The van der Waals surface area contributed by atoms with Crippen molar-refractivity contribution in [2.45, 2.75) is 19.3 Å². The average molecular weight is 752 g/mol. The fourth-order valence-corrected chi connectivity index (χ4v) is 10.0. The van der Waals surface area contributed by atoms with E-state index in [9.17, 15) is 0 Å². The summed E-state index contributed by atoms with van der Waals surface area (Å²) in [6.07, 6.45) is 0. The Kier molecular flexibility index (Phi) is 7.27. The Morgan fingerprint density at radius 2 is 0.644 bits per heavy atom. The van der Waals surface area contributed by atoms with Crippen molar-refractivity contribution in [3.63, 3.8) is 0 Å². The van der Waals surface area contributed by atoms with Crippen LogP contribution in [0, 0.1) is 0 Å². The Morgan fingerprint density at radius 1 is 0.288 bits per heavy atom. The Bertz CT molecular complexity index is 3410. The third kappa shape index (κ3) is 5.04. The molecule has 10 aromatic carbocycles. The lowest BCUT2D eigenvalue weighted by Crippen LogP contribution is -2.16. The van der Waals surface area contributed by atoms with Crippen LogP contribution in [-0.2, 0) is 5.41 Å². The quantitative estimate of drug-likeness (QED) is 0.168. The first-order chi connectivity index (χ1) is 29.0. The van der Waals surface area contributed by atoms with Gasteiger partial charge in [-0.05, 0) is 99.4 Å². The summed E-state index contributed by atoms with van der Waals surface area (Å²) in [5.41, 5.74) is 10.6. The SMILES string of the molecule is CC1(C)c2ccccc2-c2cccc(-c3cccc4c(-c5nc(-c6cc7ccccc7c7ccccc67)nc(-c6cc7ccccc7c7ccccc67)n5)cccc34)c21. The normalized spacial score (nSPS) is 13.1. The predicted octanol–water partition coefficient (Wildman–Crippen LogP) is 14.6. The molecule has 12 rings (SSSR count). The second-order valence-electron chi connectivity index (χ2n) is 16.3. The van der Waals surface area contributed by atoms with Gasteiger partial charge in [-0.3, -0.25) is 0 Å². The zero-order valence-corrected chi connectivity index (χ0v) is 32.7. The number of hydrogen-bond acceptors (Lipinski definition) is 3. The molecule has 11 aromatic rings. The minimum atomic E-state index is -0.147. The van der Waals surface area contributed by atoms with Crippen LogP contribution in [-0.4, -0.2) is 15.0 Å². The first kappa shape index (κ1) is 33.6. The van der Waals surface area contributed by atoms with Gasteiger partial charge in [0.25, 0.3) is 0 Å². The van der Waals surface area contributed by atoms with E-state index < -0.39 is 0 Å². The Hall–Kier alpha value is -7.49. The smallest absolute Gasteiger partial charge is 0.164 e. The summed E-state index contributed by atoms with van der Waals surface area (Å²) in [7, 11) is 0. The largest absolute Gasteiger partial charge is 0.208 e. The van der Waals surface area contributed by atoms with Crippen LogP contribution in [0.2, 0.25) is 0 Å². The Balaban J connectivity index is 1.14. The summed E-state index contributed by atoms with van der Waals surface area (Å²) in [5.74, 6) is 1.95. The highest BCUT2D eigenvalue weighted by Gasteiger charge is 2.37. The van der Waals surface area contributed by atoms with E-state index in [1.54, 1.807) is 0 Å². The summed E-state index contributed by atoms with van der Waals surface area (Å²) < 4.78 is 0. The number of fused-ring (bicyclic) bond motifs is 10. The van der Waals surface area contributed by atoms with Gasteiger partial charge >= 0.3 is 0 Å². The molecule has 1 heterocycles. The van der Waals surface area contributed by atoms with Gasteiger partial charge in [0.2, 0.25) is 0 Å². The number of benzene rings is 10. The highest BCUT2D eigenvalue weighted by Crippen LogP contribution is 2.53. The Labute approximate surface area is 342 Å². The molecule has 0 atom stereocenters. The Morgan fingerprint density at radius 3 is 1.24 bits per heavy atom. The number of aromatic nitrogens is 3. The molecule has 0 amide bonds. The van der Waals surface area contributed by atoms with Crippen LogP contribution in [0.4, 0.5) is 0 Å². The van der Waals surface area contributed by atoms with E-state index in [-0.39, 0.29) is 5.41 Å². The van der Waals surface area contributed by atoms with Crippen molar-refractivity contribution >= 4 is 53.9 Å². The molecule has 59 heavy (non-hydrogen) atoms. The number of rotatable bonds is 4. The maximum Gasteiger partial charge on any atom is 0.164 e. The highest BCUT2D eigenvalue weighted by molar-refractivity contribution is 6.15. The zero-order chi connectivity index (χ0) is 39.2. The van der Waals surface area contributed by atoms with Gasteiger partial charge in [0.15, 0.2) is 17.5 Å². The highest BCUT2D eigenvalue weighted by atomic mass is 15.0. The van der Waals surface area contributed by atoms with E-state index in [1.807, 2.05) is 0 Å². The van der Waals surface area contributed by atoms with Gasteiger partial charge < -0.3 is 0 Å². The molecular weight excluding hydrogens is 715 g/mol. The lowest BCUT2D eigenvalue weighted by molar-refractivity contribution is 0.662. The third-order valence-electron chi connectivity index (χ3n) is 12.7. The number of hydrogen-bond donors (Lipinski definition) is 0. The van der Waals surface area contributed by atoms with E-state index in [2.05, 4.69) is 202 Å². The summed E-state index contributed by atoms with van der Waals surface area (Å²) in [6, 6.07) is 67.8. The minimum absolute atomic E-state index is 0.147. The lowest BCUT2D eigenvalue weighted by atomic mass is 9.78. The molecule has 0 N–H and O–H groups in total. The molecule has 3 heteroatoms. The van der Waals surface area contributed by atoms with Crippen LogP contribution in [0.15, 0.2) is 188 Å². The summed E-state index contributed by atoms with van der Waals surface area (Å²) in [5, 5.41) is 11.6. The van der Waals surface area contributed by atoms with Crippen LogP contribution < -0.4 is 0 Å². The van der Waals surface area contributed by atoms with Crippen LogP contribution in [0.1, 0.15) is 25.0 Å². The molecule has 1 aliphatic carbocycles. The van der Waals surface area contributed by atoms with Crippen LogP contribution in [0.5, 0.6) is 0 Å². The molecule has 1 aliphatic rings. The maximum atomic E-state index is 5.44. The minimum Gasteiger partial charge on any atom is -0.208 e. The van der Waals surface area contributed by atoms with Crippen molar-refractivity contribution in [3.8, 4) is 56.4 Å². The van der Waals surface area contributed by atoms with Crippen molar-refractivity contribution in [2.75, 3.05) is 0 Å². The fourth-order valence-electron chi connectivity index (χ4n) is 10.0. The molecule has 0 spiro atoms. The van der Waals surface area contributed by atoms with Crippen molar-refractivity contribution in [3.05, 3.63) is 199 Å². The second kappa shape index (κ2) is 12.8. The standard InChI is InChI=1S/C56H37N3/c1-56(2)51-31-12-11-24-45(51)47-29-15-28-46(52(47)56)41-26-13-27-42-40(41)25-14-30-48(42)53-57-54(49-32-34-16-3-5-18-36(34)38-20-7-9-22-43(38)49)59-55(58-53)50-33-35-17-4-6-19-37(35)39-21-8-10-23-44(39)50/h3-33H,1-2H3. The van der Waals surface area contributed by atoms with Gasteiger partial charge in [-0.1, -0.05) is 190 Å². The fraction of sp³-hybridized carbons (Fsp3) is 0.0536. The molecule has 0 saturated carbocycles. The van der Waals surface area contributed by atoms with E-state index in [0.717, 1.165) is 43.6 Å². The van der Waals surface area contributed by atoms with Gasteiger partial charge in [0.05, 0.1) is 0 Å². The van der Waals surface area contributed by atoms with Gasteiger partial charge in [0.1, 0.15) is 0 Å². The average Bonchev–Trinajstić information content (AvgIpc) is 3.53. The van der Waals surface area contributed by atoms with Crippen molar-refractivity contribution in [1.82, 2.24) is 15.0 Å². The number of nitrogens with zero attached hydrogens (tertiary/aromatic N) is 3. The van der Waals surface area contributed by atoms with Crippen LogP contribution >= 0.6 is 0 Å².